The van der Waals surface area contributed by atoms with Crippen LogP contribution in [0.15, 0.2) is 35.5 Å². The number of hydrogen-bond donors (Lipinski definition) is 4. The second-order valence-electron chi connectivity index (χ2n) is 5.87. The van der Waals surface area contributed by atoms with E-state index in [0.717, 1.165) is 0 Å². The van der Waals surface area contributed by atoms with Crippen LogP contribution in [0.1, 0.15) is 18.5 Å². The Hall–Kier alpha value is -2.52. The maximum atomic E-state index is 12.3. The van der Waals surface area contributed by atoms with Crippen LogP contribution in [-0.2, 0) is 14.4 Å². The van der Waals surface area contributed by atoms with Crippen molar-refractivity contribution in [3.63, 3.8) is 0 Å². The number of hydrogen-bond acceptors (Lipinski definition) is 6. The molecule has 2 heterocycles. The lowest BCUT2D eigenvalue weighted by molar-refractivity contribution is -0.150. The number of rotatable bonds is 4. The topological polar surface area (TPSA) is 133 Å². The van der Waals surface area contributed by atoms with Gasteiger partial charge < -0.3 is 21.3 Å². The first-order valence-corrected chi connectivity index (χ1v) is 8.59. The smallest absolute Gasteiger partial charge is 0.352 e. The molecular weight excluding hydrogens is 346 g/mol. The van der Waals surface area contributed by atoms with Crippen molar-refractivity contribution < 1.29 is 24.6 Å². The van der Waals surface area contributed by atoms with Crippen LogP contribution in [0, 0.1) is 0 Å². The van der Waals surface area contributed by atoms with Crippen LogP contribution in [0.4, 0.5) is 0 Å². The van der Waals surface area contributed by atoms with Crippen LogP contribution in [0.2, 0.25) is 0 Å². The number of aliphatic carboxylic acids is 1. The molecule has 1 aromatic carbocycles. The Balaban J connectivity index is 1.73. The molecule has 0 bridgehead atoms. The number of phenols is 1. The van der Waals surface area contributed by atoms with E-state index in [9.17, 15) is 24.6 Å². The molecule has 9 heteroatoms. The van der Waals surface area contributed by atoms with Crippen molar-refractivity contribution in [1.82, 2.24) is 10.2 Å². The maximum Gasteiger partial charge on any atom is 0.352 e. The summed E-state index contributed by atoms with van der Waals surface area (Å²) < 4.78 is 0. The Morgan fingerprint density at radius 2 is 2.08 bits per heavy atom. The van der Waals surface area contributed by atoms with Gasteiger partial charge in [0, 0.05) is 11.3 Å². The first-order valence-electron chi connectivity index (χ1n) is 7.54. The highest BCUT2D eigenvalue weighted by Crippen LogP contribution is 2.40. The van der Waals surface area contributed by atoms with Crippen LogP contribution in [0.3, 0.4) is 0 Å². The van der Waals surface area contributed by atoms with E-state index in [1.165, 1.54) is 28.8 Å². The van der Waals surface area contributed by atoms with Crippen molar-refractivity contribution >= 4 is 29.5 Å². The van der Waals surface area contributed by atoms with Gasteiger partial charge in [0.25, 0.3) is 5.91 Å². The Labute approximate surface area is 147 Å². The van der Waals surface area contributed by atoms with Crippen molar-refractivity contribution in [3.05, 3.63) is 41.1 Å². The van der Waals surface area contributed by atoms with E-state index >= 15 is 0 Å². The lowest BCUT2D eigenvalue weighted by Crippen LogP contribution is -2.71. The summed E-state index contributed by atoms with van der Waals surface area (Å²) in [4.78, 5) is 37.2. The Morgan fingerprint density at radius 3 is 2.72 bits per heavy atom. The van der Waals surface area contributed by atoms with Gasteiger partial charge in [0.1, 0.15) is 28.9 Å². The van der Waals surface area contributed by atoms with E-state index < -0.39 is 35.2 Å². The van der Waals surface area contributed by atoms with Gasteiger partial charge in [0.2, 0.25) is 5.91 Å². The third-order valence-corrected chi connectivity index (χ3v) is 5.64. The minimum atomic E-state index is -1.16. The monoisotopic (exact) mass is 363 g/mol. The normalized spacial score (nSPS) is 23.6. The Morgan fingerprint density at radius 1 is 1.40 bits per heavy atom. The molecule has 1 saturated heterocycles. The third kappa shape index (κ3) is 2.85. The summed E-state index contributed by atoms with van der Waals surface area (Å²) in [6.07, 6.45) is 0. The zero-order valence-electron chi connectivity index (χ0n) is 13.3. The molecule has 0 aromatic heterocycles. The number of thioether (sulfide) groups is 1. The Kier molecular flexibility index (Phi) is 4.44. The summed E-state index contributed by atoms with van der Waals surface area (Å²) in [7, 11) is 0. The summed E-state index contributed by atoms with van der Waals surface area (Å²) in [6, 6.07) is 4.23. The first kappa shape index (κ1) is 17.3. The molecule has 8 nitrogen and oxygen atoms in total. The van der Waals surface area contributed by atoms with Gasteiger partial charge in [-0.3, -0.25) is 14.5 Å². The van der Waals surface area contributed by atoms with Gasteiger partial charge in [-0.1, -0.05) is 18.2 Å². The number of nitrogens with one attached hydrogen (secondary N) is 1. The molecule has 3 atom stereocenters. The number of carboxylic acid groups (broad SMARTS) is 1. The molecule has 2 amide bonds. The number of benzene rings is 1. The predicted octanol–water partition coefficient (Wildman–Crippen LogP) is 0.151. The molecule has 1 fully saturated rings. The molecule has 5 N–H and O–H groups in total. The van der Waals surface area contributed by atoms with Gasteiger partial charge in [-0.05, 0) is 18.6 Å². The number of amides is 2. The molecule has 3 rings (SSSR count). The highest BCUT2D eigenvalue weighted by molar-refractivity contribution is 8.00. The first-order chi connectivity index (χ1) is 11.8. The largest absolute Gasteiger partial charge is 0.508 e. The second kappa shape index (κ2) is 6.41. The van der Waals surface area contributed by atoms with E-state index in [0.29, 0.717) is 11.3 Å². The van der Waals surface area contributed by atoms with Crippen LogP contribution in [0.25, 0.3) is 0 Å². The molecule has 132 valence electrons. The van der Waals surface area contributed by atoms with Gasteiger partial charge in [0.05, 0.1) is 0 Å². The summed E-state index contributed by atoms with van der Waals surface area (Å²) >= 11 is 1.39. The molecule has 0 spiro atoms. The number of nitrogens with two attached hydrogens (primary N) is 1. The molecule has 2 aliphatic rings. The molecule has 25 heavy (non-hydrogen) atoms. The van der Waals surface area contributed by atoms with Gasteiger partial charge in [-0.15, -0.1) is 11.8 Å². The number of β-lactam (4-membered cyclic amide) rings is 1. The SMILES string of the molecule is CC1=C(C(=O)O)N2C(=O)[C@@H](NC(=O)[C@H](N)c3ccccc3O)[C@H]2SC1. The number of para-hydroxylation sites is 1. The molecule has 0 unspecified atom stereocenters. The summed E-state index contributed by atoms with van der Waals surface area (Å²) in [5.74, 6) is -1.89. The lowest BCUT2D eigenvalue weighted by Gasteiger charge is -2.49. The van der Waals surface area contributed by atoms with Crippen LogP contribution >= 0.6 is 11.8 Å². The van der Waals surface area contributed by atoms with Crippen molar-refractivity contribution in [1.29, 1.82) is 0 Å². The predicted molar refractivity (Wildman–Crippen MR) is 90.4 cm³/mol. The van der Waals surface area contributed by atoms with Gasteiger partial charge >= 0.3 is 5.97 Å². The van der Waals surface area contributed by atoms with Crippen molar-refractivity contribution in [3.8, 4) is 5.75 Å². The average Bonchev–Trinajstić information content (AvgIpc) is 2.58. The van der Waals surface area contributed by atoms with Gasteiger partial charge in [0.15, 0.2) is 0 Å². The average molecular weight is 363 g/mol. The number of aromatic hydroxyl groups is 1. The van der Waals surface area contributed by atoms with Gasteiger partial charge in [-0.2, -0.15) is 0 Å². The quantitative estimate of drug-likeness (QED) is 0.560. The van der Waals surface area contributed by atoms with Crippen molar-refractivity contribution in [2.75, 3.05) is 5.75 Å². The second-order valence-corrected chi connectivity index (χ2v) is 6.97. The molecule has 1 aromatic rings. The standard InChI is InChI=1S/C16H17N3O5S/c1-7-6-25-15-11(14(22)19(15)12(7)16(23)24)18-13(21)10(17)8-4-2-3-5-9(8)20/h2-5,10-11,15,20H,6,17H2,1H3,(H,18,21)(H,23,24)/t10-,11-,15-/m1/s1. The van der Waals surface area contributed by atoms with E-state index in [1.807, 2.05) is 0 Å². The zero-order chi connectivity index (χ0) is 18.3. The van der Waals surface area contributed by atoms with Crippen LogP contribution in [0.5, 0.6) is 5.75 Å². The van der Waals surface area contributed by atoms with E-state index in [2.05, 4.69) is 5.32 Å². The Bertz CT molecular complexity index is 794. The number of carbonyl (C=O) groups excluding carboxylic acids is 2. The number of fused-ring (bicyclic) bond motifs is 1. The number of carboxylic acids is 1. The van der Waals surface area contributed by atoms with E-state index in [1.54, 1.807) is 19.1 Å². The molecule has 0 saturated carbocycles. The highest BCUT2D eigenvalue weighted by atomic mass is 32.2. The molecule has 0 aliphatic carbocycles. The number of carbonyl (C=O) groups is 3. The third-order valence-electron chi connectivity index (χ3n) is 4.21. The molecule has 0 radical (unpaired) electrons. The molecule has 2 aliphatic heterocycles. The maximum absolute atomic E-state index is 12.3. The fourth-order valence-electron chi connectivity index (χ4n) is 2.91. The highest BCUT2D eigenvalue weighted by Gasteiger charge is 2.53. The van der Waals surface area contributed by atoms with E-state index in [4.69, 9.17) is 5.73 Å². The lowest BCUT2D eigenvalue weighted by atomic mass is 10.0. The van der Waals surface area contributed by atoms with Crippen LogP contribution < -0.4 is 11.1 Å². The minimum Gasteiger partial charge on any atom is -0.508 e. The fraction of sp³-hybridized carbons (Fsp3) is 0.312. The minimum absolute atomic E-state index is 0.0238. The fourth-order valence-corrected chi connectivity index (χ4v) is 4.20. The van der Waals surface area contributed by atoms with E-state index in [-0.39, 0.29) is 17.0 Å². The zero-order valence-corrected chi connectivity index (χ0v) is 14.1. The molecular formula is C16H17N3O5S. The summed E-state index contributed by atoms with van der Waals surface area (Å²) in [5, 5.41) is 21.2. The van der Waals surface area contributed by atoms with Crippen molar-refractivity contribution in [2.45, 2.75) is 24.4 Å². The number of phenolic OH excluding ortho intramolecular Hbond substituents is 1. The summed E-state index contributed by atoms with van der Waals surface area (Å²) in [6.45, 7) is 1.67. The van der Waals surface area contributed by atoms with Crippen LogP contribution in [-0.4, -0.2) is 50.1 Å². The summed E-state index contributed by atoms with van der Waals surface area (Å²) in [5.41, 5.74) is 6.71. The van der Waals surface area contributed by atoms with Gasteiger partial charge in [-0.25, -0.2) is 4.79 Å². The number of nitrogens with zero attached hydrogens (tertiary/aromatic N) is 1. The van der Waals surface area contributed by atoms with Crippen molar-refractivity contribution in [2.24, 2.45) is 5.73 Å².